The van der Waals surface area contributed by atoms with Crippen LogP contribution in [0, 0.1) is 0 Å². The van der Waals surface area contributed by atoms with Gasteiger partial charge in [-0.15, -0.1) is 24.0 Å². The number of aryl methyl sites for hydroxylation is 1. The first-order chi connectivity index (χ1) is 15.7. The molecule has 7 nitrogen and oxygen atoms in total. The Bertz CT molecular complexity index is 1030. The smallest absolute Gasteiger partial charge is 0.257 e. The third-order valence-electron chi connectivity index (χ3n) is 5.97. The first kappa shape index (κ1) is 25.0. The van der Waals surface area contributed by atoms with Crippen molar-refractivity contribution in [1.82, 2.24) is 20.4 Å². The van der Waals surface area contributed by atoms with E-state index in [1.54, 1.807) is 7.11 Å². The molecule has 1 aromatic heterocycles. The van der Waals surface area contributed by atoms with Crippen molar-refractivity contribution in [2.45, 2.75) is 32.1 Å². The van der Waals surface area contributed by atoms with Gasteiger partial charge in [0.1, 0.15) is 5.75 Å². The van der Waals surface area contributed by atoms with Gasteiger partial charge in [-0.25, -0.2) is 0 Å². The SMILES string of the molecule is CCc1noc(-c2ccc(CCNC(=NC)N3CCC(c4ccc(OC)cc4)C3)cc2)n1.I. The van der Waals surface area contributed by atoms with Crippen LogP contribution in [0.1, 0.15) is 36.2 Å². The number of halogens is 1. The van der Waals surface area contributed by atoms with Crippen LogP contribution in [-0.2, 0) is 12.8 Å². The van der Waals surface area contributed by atoms with Crippen molar-refractivity contribution in [1.29, 1.82) is 0 Å². The van der Waals surface area contributed by atoms with Crippen LogP contribution in [-0.4, -0.2) is 54.8 Å². The van der Waals surface area contributed by atoms with Crippen molar-refractivity contribution in [3.8, 4) is 17.2 Å². The minimum Gasteiger partial charge on any atom is -0.497 e. The minimum atomic E-state index is 0. The summed E-state index contributed by atoms with van der Waals surface area (Å²) in [6.07, 6.45) is 2.81. The molecule has 0 bridgehead atoms. The normalized spacial score (nSPS) is 15.9. The summed E-state index contributed by atoms with van der Waals surface area (Å²) in [5.41, 5.74) is 3.56. The highest BCUT2D eigenvalue weighted by atomic mass is 127. The maximum atomic E-state index is 5.32. The summed E-state index contributed by atoms with van der Waals surface area (Å²) in [4.78, 5) is 11.2. The number of hydrogen-bond acceptors (Lipinski definition) is 5. The van der Waals surface area contributed by atoms with E-state index in [0.29, 0.717) is 11.8 Å². The molecule has 176 valence electrons. The van der Waals surface area contributed by atoms with Gasteiger partial charge in [0.25, 0.3) is 5.89 Å². The molecule has 4 rings (SSSR count). The summed E-state index contributed by atoms with van der Waals surface area (Å²) < 4.78 is 10.6. The summed E-state index contributed by atoms with van der Waals surface area (Å²) >= 11 is 0. The summed E-state index contributed by atoms with van der Waals surface area (Å²) in [6.45, 7) is 4.83. The van der Waals surface area contributed by atoms with Crippen LogP contribution < -0.4 is 10.1 Å². The Hall–Kier alpha value is -2.62. The van der Waals surface area contributed by atoms with Crippen molar-refractivity contribution < 1.29 is 9.26 Å². The molecule has 1 atom stereocenters. The zero-order valence-electron chi connectivity index (χ0n) is 19.5. The molecule has 1 unspecified atom stereocenters. The van der Waals surface area contributed by atoms with Gasteiger partial charge in [-0.05, 0) is 48.2 Å². The monoisotopic (exact) mass is 561 g/mol. The first-order valence-electron chi connectivity index (χ1n) is 11.2. The number of likely N-dealkylation sites (tertiary alicyclic amines) is 1. The maximum absolute atomic E-state index is 5.32. The topological polar surface area (TPSA) is 75.8 Å². The van der Waals surface area contributed by atoms with Gasteiger partial charge in [0, 0.05) is 44.6 Å². The summed E-state index contributed by atoms with van der Waals surface area (Å²) in [6, 6.07) is 16.7. The lowest BCUT2D eigenvalue weighted by molar-refractivity contribution is 0.414. The van der Waals surface area contributed by atoms with Gasteiger partial charge < -0.3 is 19.5 Å². The lowest BCUT2D eigenvalue weighted by Gasteiger charge is -2.22. The summed E-state index contributed by atoms with van der Waals surface area (Å²) in [7, 11) is 3.55. The van der Waals surface area contributed by atoms with E-state index in [9.17, 15) is 0 Å². The number of nitrogens with one attached hydrogen (secondary N) is 1. The molecule has 33 heavy (non-hydrogen) atoms. The van der Waals surface area contributed by atoms with E-state index in [4.69, 9.17) is 9.26 Å². The Morgan fingerprint density at radius 3 is 2.58 bits per heavy atom. The largest absolute Gasteiger partial charge is 0.497 e. The van der Waals surface area contributed by atoms with Crippen LogP contribution in [0.5, 0.6) is 5.75 Å². The zero-order chi connectivity index (χ0) is 22.3. The lowest BCUT2D eigenvalue weighted by Crippen LogP contribution is -2.40. The van der Waals surface area contributed by atoms with Gasteiger partial charge in [0.2, 0.25) is 0 Å². The van der Waals surface area contributed by atoms with Crippen molar-refractivity contribution in [3.63, 3.8) is 0 Å². The molecule has 2 aromatic carbocycles. The fraction of sp³-hybridized carbons (Fsp3) is 0.400. The van der Waals surface area contributed by atoms with Gasteiger partial charge in [-0.3, -0.25) is 4.99 Å². The average molecular weight is 561 g/mol. The molecule has 1 N–H and O–H groups in total. The Labute approximate surface area is 212 Å². The Morgan fingerprint density at radius 2 is 1.94 bits per heavy atom. The summed E-state index contributed by atoms with van der Waals surface area (Å²) in [5.74, 6) is 3.69. The van der Waals surface area contributed by atoms with E-state index in [0.717, 1.165) is 62.0 Å². The number of aliphatic imine (C=N–C) groups is 1. The molecule has 1 fully saturated rings. The van der Waals surface area contributed by atoms with Crippen LogP contribution in [0.3, 0.4) is 0 Å². The molecule has 0 aliphatic carbocycles. The fourth-order valence-corrected chi connectivity index (χ4v) is 4.08. The molecule has 3 aromatic rings. The third-order valence-corrected chi connectivity index (χ3v) is 5.97. The average Bonchev–Trinajstić information content (AvgIpc) is 3.53. The van der Waals surface area contributed by atoms with Crippen molar-refractivity contribution in [2.24, 2.45) is 4.99 Å². The van der Waals surface area contributed by atoms with Gasteiger partial charge in [-0.1, -0.05) is 36.3 Å². The quantitative estimate of drug-likeness (QED) is 0.260. The molecule has 1 aliphatic heterocycles. The molecule has 0 spiro atoms. The van der Waals surface area contributed by atoms with Crippen LogP contribution in [0.15, 0.2) is 58.0 Å². The molecular weight excluding hydrogens is 529 g/mol. The Morgan fingerprint density at radius 1 is 1.18 bits per heavy atom. The zero-order valence-corrected chi connectivity index (χ0v) is 21.8. The standard InChI is InChI=1S/C25H31N5O2.HI/c1-4-23-28-24(32-29-23)20-7-5-18(6-8-20)13-15-27-25(26-2)30-16-14-21(17-30)19-9-11-22(31-3)12-10-19;/h5-12,21H,4,13-17H2,1-3H3,(H,26,27);1H. The van der Waals surface area contributed by atoms with Crippen LogP contribution >= 0.6 is 24.0 Å². The highest BCUT2D eigenvalue weighted by Crippen LogP contribution is 2.28. The van der Waals surface area contributed by atoms with Crippen LogP contribution in [0.25, 0.3) is 11.5 Å². The molecule has 0 saturated carbocycles. The van der Waals surface area contributed by atoms with Crippen molar-refractivity contribution >= 4 is 29.9 Å². The first-order valence-corrected chi connectivity index (χ1v) is 11.2. The van der Waals surface area contributed by atoms with Crippen LogP contribution in [0.4, 0.5) is 0 Å². The van der Waals surface area contributed by atoms with E-state index < -0.39 is 0 Å². The molecular formula is C25H32IN5O2. The maximum Gasteiger partial charge on any atom is 0.257 e. The Balaban J connectivity index is 0.00000306. The van der Waals surface area contributed by atoms with E-state index in [-0.39, 0.29) is 24.0 Å². The van der Waals surface area contributed by atoms with E-state index in [1.807, 2.05) is 38.2 Å². The van der Waals surface area contributed by atoms with Crippen molar-refractivity contribution in [2.75, 3.05) is 33.8 Å². The third kappa shape index (κ3) is 6.25. The number of methoxy groups -OCH3 is 1. The highest BCUT2D eigenvalue weighted by molar-refractivity contribution is 14.0. The second-order valence-corrected chi connectivity index (χ2v) is 7.99. The molecule has 2 heterocycles. The van der Waals surface area contributed by atoms with Crippen molar-refractivity contribution in [3.05, 3.63) is 65.5 Å². The predicted molar refractivity (Wildman–Crippen MR) is 142 cm³/mol. The number of benzene rings is 2. The van der Waals surface area contributed by atoms with E-state index in [1.165, 1.54) is 11.1 Å². The van der Waals surface area contributed by atoms with Crippen LogP contribution in [0.2, 0.25) is 0 Å². The molecule has 0 radical (unpaired) electrons. The van der Waals surface area contributed by atoms with Gasteiger partial charge in [-0.2, -0.15) is 4.98 Å². The number of nitrogens with zero attached hydrogens (tertiary/aromatic N) is 4. The Kier molecular flexibility index (Phi) is 9.11. The minimum absolute atomic E-state index is 0. The summed E-state index contributed by atoms with van der Waals surface area (Å²) in [5, 5.41) is 7.48. The number of hydrogen-bond donors (Lipinski definition) is 1. The number of guanidine groups is 1. The number of rotatable bonds is 7. The molecule has 1 saturated heterocycles. The van der Waals surface area contributed by atoms with Gasteiger partial charge in [0.15, 0.2) is 11.8 Å². The van der Waals surface area contributed by atoms with Gasteiger partial charge >= 0.3 is 0 Å². The number of aromatic nitrogens is 2. The fourth-order valence-electron chi connectivity index (χ4n) is 4.08. The second-order valence-electron chi connectivity index (χ2n) is 7.99. The molecule has 1 aliphatic rings. The van der Waals surface area contributed by atoms with E-state index >= 15 is 0 Å². The van der Waals surface area contributed by atoms with E-state index in [2.05, 4.69) is 49.6 Å². The molecule has 0 amide bonds. The number of ether oxygens (including phenoxy) is 1. The predicted octanol–water partition coefficient (Wildman–Crippen LogP) is 4.53. The highest BCUT2D eigenvalue weighted by Gasteiger charge is 2.26. The second kappa shape index (κ2) is 12.0. The lowest BCUT2D eigenvalue weighted by atomic mass is 9.98. The molecule has 8 heteroatoms. The van der Waals surface area contributed by atoms with Gasteiger partial charge in [0.05, 0.1) is 7.11 Å².